The summed E-state index contributed by atoms with van der Waals surface area (Å²) in [5, 5.41) is 3.58. The van der Waals surface area contributed by atoms with E-state index in [0.717, 1.165) is 25.9 Å². The zero-order chi connectivity index (χ0) is 15.5. The van der Waals surface area contributed by atoms with Gasteiger partial charge in [-0.15, -0.1) is 0 Å². The molecule has 1 aliphatic heterocycles. The number of nitrogens with zero attached hydrogens (tertiary/aromatic N) is 1. The van der Waals surface area contributed by atoms with Crippen LogP contribution >= 0.6 is 0 Å². The summed E-state index contributed by atoms with van der Waals surface area (Å²) in [4.78, 5) is 15.1. The lowest BCUT2D eigenvalue weighted by molar-refractivity contribution is -0.151. The van der Waals surface area contributed by atoms with Gasteiger partial charge in [-0.25, -0.2) is 4.79 Å². The predicted octanol–water partition coefficient (Wildman–Crippen LogP) is 2.57. The smallest absolute Gasteiger partial charge is 0.327 e. The Bertz CT molecular complexity index is 355. The Morgan fingerprint density at radius 1 is 1.29 bits per heavy atom. The van der Waals surface area contributed by atoms with Crippen molar-refractivity contribution in [2.75, 3.05) is 20.2 Å². The van der Waals surface area contributed by atoms with Crippen LogP contribution in [0.3, 0.4) is 0 Å². The Hall–Kier alpha value is -0.610. The topological polar surface area (TPSA) is 41.6 Å². The molecule has 2 atom stereocenters. The van der Waals surface area contributed by atoms with Crippen molar-refractivity contribution in [2.24, 2.45) is 5.92 Å². The van der Waals surface area contributed by atoms with Gasteiger partial charge in [0.25, 0.3) is 0 Å². The quantitative estimate of drug-likeness (QED) is 0.765. The first-order chi connectivity index (χ1) is 9.99. The van der Waals surface area contributed by atoms with Crippen LogP contribution in [0.5, 0.6) is 0 Å². The van der Waals surface area contributed by atoms with E-state index in [0.29, 0.717) is 12.0 Å². The Balaban J connectivity index is 2.19. The van der Waals surface area contributed by atoms with Crippen molar-refractivity contribution in [3.8, 4) is 0 Å². The molecule has 21 heavy (non-hydrogen) atoms. The minimum atomic E-state index is -0.512. The van der Waals surface area contributed by atoms with E-state index in [1.807, 2.05) is 0 Å². The average molecular weight is 296 g/mol. The van der Waals surface area contributed by atoms with Gasteiger partial charge in [0.1, 0.15) is 5.54 Å². The Kier molecular flexibility index (Phi) is 5.67. The third-order valence-corrected chi connectivity index (χ3v) is 5.01. The van der Waals surface area contributed by atoms with Crippen molar-refractivity contribution in [1.29, 1.82) is 0 Å². The molecule has 1 saturated carbocycles. The van der Waals surface area contributed by atoms with E-state index in [1.54, 1.807) is 0 Å². The number of nitrogens with one attached hydrogen (secondary N) is 1. The average Bonchev–Trinajstić information content (AvgIpc) is 3.27. The zero-order valence-corrected chi connectivity index (χ0v) is 14.2. The summed E-state index contributed by atoms with van der Waals surface area (Å²) in [5.74, 6) is 0.359. The molecule has 0 aromatic heterocycles. The molecular weight excluding hydrogens is 264 g/mol. The van der Waals surface area contributed by atoms with Gasteiger partial charge < -0.3 is 4.74 Å². The highest BCUT2D eigenvalue weighted by Gasteiger charge is 2.53. The Morgan fingerprint density at radius 3 is 2.57 bits per heavy atom. The number of carbonyl (C=O) groups excluding carboxylic acids is 1. The molecule has 1 aliphatic carbocycles. The highest BCUT2D eigenvalue weighted by molar-refractivity contribution is 5.82. The third-order valence-electron chi connectivity index (χ3n) is 5.01. The van der Waals surface area contributed by atoms with E-state index < -0.39 is 5.54 Å². The van der Waals surface area contributed by atoms with Crippen molar-refractivity contribution in [3.05, 3.63) is 0 Å². The molecule has 4 nitrogen and oxygen atoms in total. The summed E-state index contributed by atoms with van der Waals surface area (Å²) >= 11 is 0. The van der Waals surface area contributed by atoms with Crippen LogP contribution in [0, 0.1) is 5.92 Å². The van der Waals surface area contributed by atoms with E-state index in [1.165, 1.54) is 32.8 Å². The molecule has 1 N–H and O–H groups in total. The zero-order valence-electron chi connectivity index (χ0n) is 14.2. The summed E-state index contributed by atoms with van der Waals surface area (Å²) in [7, 11) is 1.52. The first-order valence-corrected chi connectivity index (χ1v) is 8.59. The van der Waals surface area contributed by atoms with Crippen LogP contribution in [0.15, 0.2) is 0 Å². The predicted molar refractivity (Wildman–Crippen MR) is 85.2 cm³/mol. The van der Waals surface area contributed by atoms with Crippen LogP contribution in [0.4, 0.5) is 0 Å². The van der Waals surface area contributed by atoms with Gasteiger partial charge in [0.15, 0.2) is 0 Å². The molecule has 2 rings (SSSR count). The van der Waals surface area contributed by atoms with Gasteiger partial charge in [0.05, 0.1) is 7.11 Å². The van der Waals surface area contributed by atoms with Crippen LogP contribution in [0.1, 0.15) is 59.3 Å². The van der Waals surface area contributed by atoms with E-state index in [2.05, 4.69) is 31.0 Å². The fourth-order valence-corrected chi connectivity index (χ4v) is 3.75. The fourth-order valence-electron chi connectivity index (χ4n) is 3.75. The van der Waals surface area contributed by atoms with Gasteiger partial charge in [-0.3, -0.25) is 10.2 Å². The Labute approximate surface area is 129 Å². The van der Waals surface area contributed by atoms with Gasteiger partial charge in [-0.05, 0) is 58.9 Å². The molecule has 2 fully saturated rings. The number of hydrogen-bond acceptors (Lipinski definition) is 4. The maximum atomic E-state index is 12.6. The summed E-state index contributed by atoms with van der Waals surface area (Å²) in [6, 6.07) is 0.844. The third kappa shape index (κ3) is 3.98. The molecule has 0 amide bonds. The lowest BCUT2D eigenvalue weighted by Gasteiger charge is -2.40. The van der Waals surface area contributed by atoms with Gasteiger partial charge in [-0.1, -0.05) is 12.8 Å². The normalized spacial score (nSPS) is 27.2. The number of likely N-dealkylation sites (tertiary alicyclic amines) is 1. The largest absolute Gasteiger partial charge is 0.468 e. The lowest BCUT2D eigenvalue weighted by Crippen LogP contribution is -2.63. The summed E-state index contributed by atoms with van der Waals surface area (Å²) in [5.41, 5.74) is -0.512. The SMILES string of the molecule is COC(=O)C(CN1CCCCCC1C)(NC(C)C)C1CC1. The summed E-state index contributed by atoms with van der Waals surface area (Å²) < 4.78 is 5.20. The van der Waals surface area contributed by atoms with Gasteiger partial charge in [0, 0.05) is 18.6 Å². The van der Waals surface area contributed by atoms with E-state index >= 15 is 0 Å². The van der Waals surface area contributed by atoms with Crippen LogP contribution in [0.2, 0.25) is 0 Å². The molecule has 0 aromatic carbocycles. The standard InChI is InChI=1S/C17H32N2O2/c1-13(2)18-17(15-9-10-15,16(20)21-4)12-19-11-7-5-6-8-14(19)3/h13-15,18H,5-12H2,1-4H3. The van der Waals surface area contributed by atoms with Gasteiger partial charge >= 0.3 is 5.97 Å². The second-order valence-corrected chi connectivity index (χ2v) is 7.21. The Morgan fingerprint density at radius 2 is 2.00 bits per heavy atom. The fraction of sp³-hybridized carbons (Fsp3) is 0.941. The maximum absolute atomic E-state index is 12.6. The summed E-state index contributed by atoms with van der Waals surface area (Å²) in [6.45, 7) is 8.43. The molecule has 4 heteroatoms. The first kappa shape index (κ1) is 16.8. The highest BCUT2D eigenvalue weighted by Crippen LogP contribution is 2.42. The minimum Gasteiger partial charge on any atom is -0.468 e. The number of esters is 1. The second-order valence-electron chi connectivity index (χ2n) is 7.21. The number of methoxy groups -OCH3 is 1. The van der Waals surface area contributed by atoms with E-state index in [-0.39, 0.29) is 12.0 Å². The molecule has 2 aliphatic rings. The van der Waals surface area contributed by atoms with Crippen molar-refractivity contribution >= 4 is 5.97 Å². The first-order valence-electron chi connectivity index (χ1n) is 8.59. The minimum absolute atomic E-state index is 0.0739. The van der Waals surface area contributed by atoms with Crippen molar-refractivity contribution in [1.82, 2.24) is 10.2 Å². The molecule has 0 spiro atoms. The van der Waals surface area contributed by atoms with Crippen LogP contribution < -0.4 is 5.32 Å². The molecule has 0 radical (unpaired) electrons. The molecule has 2 unspecified atom stereocenters. The number of ether oxygens (including phenoxy) is 1. The van der Waals surface area contributed by atoms with Crippen molar-refractivity contribution < 1.29 is 9.53 Å². The molecule has 1 heterocycles. The molecule has 122 valence electrons. The van der Waals surface area contributed by atoms with Crippen LogP contribution in [-0.4, -0.2) is 48.7 Å². The monoisotopic (exact) mass is 296 g/mol. The molecule has 0 aromatic rings. The van der Waals surface area contributed by atoms with E-state index in [4.69, 9.17) is 4.74 Å². The van der Waals surface area contributed by atoms with Crippen LogP contribution in [0.25, 0.3) is 0 Å². The lowest BCUT2D eigenvalue weighted by atomic mass is 9.90. The molecule has 0 bridgehead atoms. The highest BCUT2D eigenvalue weighted by atomic mass is 16.5. The van der Waals surface area contributed by atoms with Crippen molar-refractivity contribution in [2.45, 2.75) is 76.9 Å². The maximum Gasteiger partial charge on any atom is 0.327 e. The van der Waals surface area contributed by atoms with Gasteiger partial charge in [0.2, 0.25) is 0 Å². The number of rotatable bonds is 6. The van der Waals surface area contributed by atoms with Gasteiger partial charge in [-0.2, -0.15) is 0 Å². The number of hydrogen-bond donors (Lipinski definition) is 1. The van der Waals surface area contributed by atoms with Crippen LogP contribution in [-0.2, 0) is 9.53 Å². The molecule has 1 saturated heterocycles. The molecular formula is C17H32N2O2. The summed E-state index contributed by atoms with van der Waals surface area (Å²) in [6.07, 6.45) is 7.38. The number of carbonyl (C=O) groups is 1. The van der Waals surface area contributed by atoms with Crippen molar-refractivity contribution in [3.63, 3.8) is 0 Å². The van der Waals surface area contributed by atoms with E-state index in [9.17, 15) is 4.79 Å². The second kappa shape index (κ2) is 7.10.